The third-order valence-corrected chi connectivity index (χ3v) is 7.10. The molecule has 12 heteroatoms. The van der Waals surface area contributed by atoms with Crippen LogP contribution in [0.4, 0.5) is 17.6 Å². The highest BCUT2D eigenvalue weighted by atomic mass is 32.2. The first-order chi connectivity index (χ1) is 17.0. The molecule has 0 radical (unpaired) electrons. The van der Waals surface area contributed by atoms with E-state index in [0.29, 0.717) is 5.39 Å². The Hall–Kier alpha value is -3.80. The summed E-state index contributed by atoms with van der Waals surface area (Å²) >= 11 is 0. The Morgan fingerprint density at radius 2 is 1.83 bits per heavy atom. The van der Waals surface area contributed by atoms with Crippen molar-refractivity contribution in [3.05, 3.63) is 88.2 Å². The summed E-state index contributed by atoms with van der Waals surface area (Å²) < 4.78 is 84.8. The van der Waals surface area contributed by atoms with Gasteiger partial charge in [-0.05, 0) is 54.4 Å². The van der Waals surface area contributed by atoms with Crippen LogP contribution in [0.25, 0.3) is 16.6 Å². The van der Waals surface area contributed by atoms with E-state index in [1.165, 1.54) is 49.7 Å². The molecule has 4 rings (SSSR count). The molecular weight excluding hydrogens is 502 g/mol. The van der Waals surface area contributed by atoms with E-state index < -0.39 is 40.2 Å². The number of hydrogen-bond acceptors (Lipinski definition) is 6. The van der Waals surface area contributed by atoms with Gasteiger partial charge in [0.05, 0.1) is 34.7 Å². The molecular formula is C24H19F4N3O4S. The quantitative estimate of drug-likeness (QED) is 0.335. The fourth-order valence-electron chi connectivity index (χ4n) is 3.75. The van der Waals surface area contributed by atoms with Crippen LogP contribution in [-0.2, 0) is 22.0 Å². The minimum absolute atomic E-state index is 0.0116. The van der Waals surface area contributed by atoms with E-state index in [1.807, 2.05) is 0 Å². The van der Waals surface area contributed by atoms with Crippen molar-refractivity contribution in [1.82, 2.24) is 14.8 Å². The molecule has 0 amide bonds. The summed E-state index contributed by atoms with van der Waals surface area (Å²) in [6, 6.07) is 11.8. The molecule has 0 saturated heterocycles. The first kappa shape index (κ1) is 25.3. The summed E-state index contributed by atoms with van der Waals surface area (Å²) in [6.07, 6.45) is -4.85. The molecule has 2 heterocycles. The zero-order valence-electron chi connectivity index (χ0n) is 18.8. The van der Waals surface area contributed by atoms with Gasteiger partial charge in [-0.3, -0.25) is 9.36 Å². The van der Waals surface area contributed by atoms with Gasteiger partial charge in [-0.2, -0.15) is 23.4 Å². The van der Waals surface area contributed by atoms with Crippen molar-refractivity contribution in [2.45, 2.75) is 29.7 Å². The second-order valence-electron chi connectivity index (χ2n) is 7.93. The van der Waals surface area contributed by atoms with Gasteiger partial charge in [0.15, 0.2) is 9.84 Å². The highest BCUT2D eigenvalue weighted by molar-refractivity contribution is 7.90. The third-order valence-electron chi connectivity index (χ3n) is 5.46. The van der Waals surface area contributed by atoms with E-state index in [-0.39, 0.29) is 38.9 Å². The lowest BCUT2D eigenvalue weighted by Crippen LogP contribution is -2.19. The Balaban J connectivity index is 1.79. The molecule has 0 fully saturated rings. The zero-order valence-corrected chi connectivity index (χ0v) is 19.6. The lowest BCUT2D eigenvalue weighted by atomic mass is 10.1. The van der Waals surface area contributed by atoms with Gasteiger partial charge in [-0.25, -0.2) is 12.8 Å². The highest BCUT2D eigenvalue weighted by Gasteiger charge is 2.28. The van der Waals surface area contributed by atoms with Gasteiger partial charge in [0, 0.05) is 30.1 Å². The van der Waals surface area contributed by atoms with Crippen molar-refractivity contribution in [3.63, 3.8) is 0 Å². The van der Waals surface area contributed by atoms with E-state index in [0.717, 1.165) is 16.7 Å². The van der Waals surface area contributed by atoms with Crippen molar-refractivity contribution in [1.29, 1.82) is 0 Å². The van der Waals surface area contributed by atoms with Crippen LogP contribution in [-0.4, -0.2) is 36.5 Å². The smallest absolute Gasteiger partial charge is 0.389 e. The topological polar surface area (TPSA) is 91.2 Å². The van der Waals surface area contributed by atoms with Crippen LogP contribution in [0.2, 0.25) is 0 Å². The minimum atomic E-state index is -4.46. The van der Waals surface area contributed by atoms with Crippen LogP contribution >= 0.6 is 0 Å². The predicted molar refractivity (Wildman–Crippen MR) is 123 cm³/mol. The van der Waals surface area contributed by atoms with E-state index in [4.69, 9.17) is 4.74 Å². The van der Waals surface area contributed by atoms with Crippen LogP contribution in [0.3, 0.4) is 0 Å². The number of ether oxygens (including phenoxy) is 1. The number of halogens is 4. The lowest BCUT2D eigenvalue weighted by molar-refractivity contribution is -0.134. The van der Waals surface area contributed by atoms with Crippen LogP contribution in [0.1, 0.15) is 17.7 Å². The van der Waals surface area contributed by atoms with Gasteiger partial charge in [0.25, 0.3) is 5.56 Å². The fourth-order valence-corrected chi connectivity index (χ4v) is 5.04. The van der Waals surface area contributed by atoms with E-state index in [1.54, 1.807) is 6.07 Å². The van der Waals surface area contributed by atoms with E-state index in [9.17, 15) is 30.8 Å². The molecule has 0 aliphatic carbocycles. The summed E-state index contributed by atoms with van der Waals surface area (Å²) in [6.45, 7) is 0. The molecule has 188 valence electrons. The normalized spacial score (nSPS) is 12.1. The van der Waals surface area contributed by atoms with Gasteiger partial charge in [0.1, 0.15) is 11.6 Å². The summed E-state index contributed by atoms with van der Waals surface area (Å²) in [7, 11) is -2.55. The molecule has 0 N–H and O–H groups in total. The maximum atomic E-state index is 14.8. The van der Waals surface area contributed by atoms with Gasteiger partial charge < -0.3 is 4.74 Å². The molecule has 2 aromatic heterocycles. The van der Waals surface area contributed by atoms with Crippen molar-refractivity contribution < 1.29 is 30.7 Å². The number of fused-ring (bicyclic) bond motifs is 1. The lowest BCUT2D eigenvalue weighted by Gasteiger charge is -2.16. The van der Waals surface area contributed by atoms with E-state index >= 15 is 0 Å². The largest absolute Gasteiger partial charge is 0.495 e. The van der Waals surface area contributed by atoms with Gasteiger partial charge in [-0.15, -0.1) is 0 Å². The van der Waals surface area contributed by atoms with Crippen LogP contribution in [0, 0.1) is 5.82 Å². The number of methoxy groups -OCH3 is 1. The molecule has 4 aromatic rings. The highest BCUT2D eigenvalue weighted by Crippen LogP contribution is 2.31. The Labute approximate surface area is 202 Å². The molecule has 0 spiro atoms. The number of aryl methyl sites for hydroxylation is 1. The van der Waals surface area contributed by atoms with E-state index in [2.05, 4.69) is 10.2 Å². The average Bonchev–Trinajstić information content (AvgIpc) is 2.82. The summed E-state index contributed by atoms with van der Waals surface area (Å²) in [5, 5.41) is 7.82. The van der Waals surface area contributed by atoms with Gasteiger partial charge in [-0.1, -0.05) is 0 Å². The SMILES string of the molecule is COc1cc(CCC(F)(F)F)c(F)cc1-n1c(=O)ccc2cc(S(=O)(=O)Cc3cccnn3)ccc21. The second kappa shape index (κ2) is 9.69. The zero-order chi connectivity index (χ0) is 26.1. The number of sulfone groups is 1. The Bertz CT molecular complexity index is 1590. The molecule has 0 unspecified atom stereocenters. The van der Waals surface area contributed by atoms with Crippen molar-refractivity contribution in [2.24, 2.45) is 0 Å². The Morgan fingerprint density at radius 3 is 2.50 bits per heavy atom. The van der Waals surface area contributed by atoms with Crippen molar-refractivity contribution >= 4 is 20.7 Å². The average molecular weight is 521 g/mol. The van der Waals surface area contributed by atoms with Crippen LogP contribution in [0.5, 0.6) is 5.75 Å². The molecule has 0 aliphatic rings. The minimum Gasteiger partial charge on any atom is -0.495 e. The molecule has 2 aromatic carbocycles. The Morgan fingerprint density at radius 1 is 1.06 bits per heavy atom. The van der Waals surface area contributed by atoms with Crippen molar-refractivity contribution in [3.8, 4) is 11.4 Å². The predicted octanol–water partition coefficient (Wildman–Crippen LogP) is 4.40. The van der Waals surface area contributed by atoms with Gasteiger partial charge >= 0.3 is 6.18 Å². The molecule has 36 heavy (non-hydrogen) atoms. The third kappa shape index (κ3) is 5.38. The number of benzene rings is 2. The van der Waals surface area contributed by atoms with Crippen molar-refractivity contribution in [2.75, 3.05) is 7.11 Å². The standard InChI is InChI=1S/C24H19F4N3O4S/c1-35-22-12-15(8-9-24(26,27)28)19(25)13-21(22)31-20-6-5-18(11-16(20)4-7-23(31)32)36(33,34)14-17-3-2-10-29-30-17/h2-7,10-13H,8-9,14H2,1H3. The fraction of sp³-hybridized carbons (Fsp3) is 0.208. The van der Waals surface area contributed by atoms with Crippen LogP contribution < -0.4 is 10.3 Å². The molecule has 7 nitrogen and oxygen atoms in total. The summed E-state index contributed by atoms with van der Waals surface area (Å²) in [4.78, 5) is 12.8. The molecule has 0 aliphatic heterocycles. The van der Waals surface area contributed by atoms with Gasteiger partial charge in [0.2, 0.25) is 0 Å². The second-order valence-corrected chi connectivity index (χ2v) is 9.92. The maximum absolute atomic E-state index is 14.8. The first-order valence-corrected chi connectivity index (χ1v) is 12.2. The number of pyridine rings is 1. The number of nitrogens with zero attached hydrogens (tertiary/aromatic N) is 3. The van der Waals surface area contributed by atoms with Crippen LogP contribution in [0.15, 0.2) is 70.5 Å². The molecule has 0 saturated carbocycles. The number of hydrogen-bond donors (Lipinski definition) is 0. The number of aromatic nitrogens is 3. The Kier molecular flexibility index (Phi) is 6.81. The number of rotatable bonds is 7. The monoisotopic (exact) mass is 521 g/mol. The maximum Gasteiger partial charge on any atom is 0.389 e. The first-order valence-electron chi connectivity index (χ1n) is 10.6. The summed E-state index contributed by atoms with van der Waals surface area (Å²) in [5.74, 6) is -1.32. The number of alkyl halides is 3. The molecule has 0 bridgehead atoms. The molecule has 0 atom stereocenters. The summed E-state index contributed by atoms with van der Waals surface area (Å²) in [5.41, 5.74) is -0.302.